The molecule has 0 unspecified atom stereocenters. The third-order valence-corrected chi connectivity index (χ3v) is 5.04. The van der Waals surface area contributed by atoms with Crippen LogP contribution in [-0.2, 0) is 6.61 Å². The number of nitrogens with one attached hydrogen (secondary N) is 2. The van der Waals surface area contributed by atoms with Crippen molar-refractivity contribution in [1.29, 1.82) is 0 Å². The highest BCUT2D eigenvalue weighted by Crippen LogP contribution is 2.26. The molecule has 3 aromatic carbocycles. The van der Waals surface area contributed by atoms with E-state index in [-0.39, 0.29) is 0 Å². The Kier molecular flexibility index (Phi) is 8.27. The smallest absolute Gasteiger partial charge is 0.269 e. The van der Waals surface area contributed by atoms with Crippen LogP contribution in [0, 0.1) is 5.92 Å². The molecule has 0 bridgehead atoms. The van der Waals surface area contributed by atoms with Crippen LogP contribution in [0.15, 0.2) is 77.3 Å². The monoisotopic (exact) mass is 496 g/mol. The maximum atomic E-state index is 12.4. The summed E-state index contributed by atoms with van der Waals surface area (Å²) in [7, 11) is 0. The molecule has 0 saturated heterocycles. The maximum Gasteiger partial charge on any atom is 0.269 e. The van der Waals surface area contributed by atoms with E-state index in [1.807, 2.05) is 30.3 Å². The Bertz CT molecular complexity index is 1050. The lowest BCUT2D eigenvalue weighted by atomic mass is 10.2. The van der Waals surface area contributed by atoms with Crippen LogP contribution in [0.25, 0.3) is 0 Å². The average molecular weight is 497 g/mol. The van der Waals surface area contributed by atoms with Gasteiger partial charge in [-0.25, -0.2) is 0 Å². The molecule has 0 atom stereocenters. The summed E-state index contributed by atoms with van der Waals surface area (Å²) >= 11 is 3.41. The third kappa shape index (κ3) is 6.85. The predicted octanol–water partition coefficient (Wildman–Crippen LogP) is 5.14. The van der Waals surface area contributed by atoms with Crippen molar-refractivity contribution in [3.8, 4) is 11.5 Å². The molecular formula is C25H25BrN2O4. The molecule has 2 amide bonds. The van der Waals surface area contributed by atoms with Crippen molar-refractivity contribution >= 4 is 27.7 Å². The first kappa shape index (κ1) is 23.3. The van der Waals surface area contributed by atoms with Gasteiger partial charge in [-0.3, -0.25) is 20.4 Å². The number of hydrazine groups is 1. The highest BCUT2D eigenvalue weighted by molar-refractivity contribution is 9.10. The van der Waals surface area contributed by atoms with Crippen LogP contribution in [0.5, 0.6) is 11.5 Å². The SMILES string of the molecule is CC(C)COc1ccc(C(=O)NNC(=O)c2ccc(OCc3ccccc3)cc2)cc1Br. The van der Waals surface area contributed by atoms with Gasteiger partial charge in [0.15, 0.2) is 0 Å². The van der Waals surface area contributed by atoms with Crippen LogP contribution in [0.4, 0.5) is 0 Å². The van der Waals surface area contributed by atoms with Gasteiger partial charge < -0.3 is 9.47 Å². The standard InChI is InChI=1S/C25H25BrN2O4/c1-17(2)15-32-23-13-10-20(14-22(23)26)25(30)28-27-24(29)19-8-11-21(12-9-19)31-16-18-6-4-3-5-7-18/h3-14,17H,15-16H2,1-2H3,(H,27,29)(H,28,30). The lowest BCUT2D eigenvalue weighted by Gasteiger charge is -2.12. The topological polar surface area (TPSA) is 76.7 Å². The van der Waals surface area contributed by atoms with Gasteiger partial charge in [-0.2, -0.15) is 0 Å². The molecule has 0 radical (unpaired) electrons. The fraction of sp³-hybridized carbons (Fsp3) is 0.200. The highest BCUT2D eigenvalue weighted by atomic mass is 79.9. The van der Waals surface area contributed by atoms with Crippen molar-refractivity contribution in [2.45, 2.75) is 20.5 Å². The predicted molar refractivity (Wildman–Crippen MR) is 127 cm³/mol. The normalized spacial score (nSPS) is 10.5. The number of halogens is 1. The summed E-state index contributed by atoms with van der Waals surface area (Å²) in [5, 5.41) is 0. The summed E-state index contributed by atoms with van der Waals surface area (Å²) < 4.78 is 12.1. The van der Waals surface area contributed by atoms with Crippen molar-refractivity contribution in [1.82, 2.24) is 10.9 Å². The zero-order valence-corrected chi connectivity index (χ0v) is 19.5. The van der Waals surface area contributed by atoms with Crippen molar-refractivity contribution in [2.24, 2.45) is 5.92 Å². The molecule has 0 aromatic heterocycles. The van der Waals surface area contributed by atoms with E-state index < -0.39 is 11.8 Å². The first-order chi connectivity index (χ1) is 15.4. The van der Waals surface area contributed by atoms with Crippen molar-refractivity contribution in [3.05, 3.63) is 94.0 Å². The van der Waals surface area contributed by atoms with E-state index in [1.54, 1.807) is 42.5 Å². The van der Waals surface area contributed by atoms with Gasteiger partial charge in [-0.15, -0.1) is 0 Å². The quantitative estimate of drug-likeness (QED) is 0.423. The zero-order chi connectivity index (χ0) is 22.9. The molecule has 0 saturated carbocycles. The molecule has 0 spiro atoms. The number of carbonyl (C=O) groups excluding carboxylic acids is 2. The van der Waals surface area contributed by atoms with Crippen LogP contribution < -0.4 is 20.3 Å². The van der Waals surface area contributed by atoms with Gasteiger partial charge in [0, 0.05) is 11.1 Å². The second-order valence-corrected chi connectivity index (χ2v) is 8.41. The van der Waals surface area contributed by atoms with Crippen LogP contribution in [0.3, 0.4) is 0 Å². The molecule has 2 N–H and O–H groups in total. The van der Waals surface area contributed by atoms with Crippen LogP contribution in [-0.4, -0.2) is 18.4 Å². The summed E-state index contributed by atoms with van der Waals surface area (Å²) in [6, 6.07) is 21.5. The van der Waals surface area contributed by atoms with E-state index in [0.29, 0.717) is 46.2 Å². The van der Waals surface area contributed by atoms with E-state index in [0.717, 1.165) is 5.56 Å². The molecule has 3 rings (SSSR count). The third-order valence-electron chi connectivity index (χ3n) is 4.42. The molecule has 0 aliphatic heterocycles. The van der Waals surface area contributed by atoms with Gasteiger partial charge in [0.25, 0.3) is 11.8 Å². The number of hydrogen-bond donors (Lipinski definition) is 2. The molecule has 0 heterocycles. The van der Waals surface area contributed by atoms with E-state index >= 15 is 0 Å². The van der Waals surface area contributed by atoms with Crippen LogP contribution >= 0.6 is 15.9 Å². The number of hydrogen-bond acceptors (Lipinski definition) is 4. The Hall–Kier alpha value is -3.32. The van der Waals surface area contributed by atoms with Crippen LogP contribution in [0.2, 0.25) is 0 Å². The van der Waals surface area contributed by atoms with E-state index in [4.69, 9.17) is 9.47 Å². The number of carbonyl (C=O) groups is 2. The minimum absolute atomic E-state index is 0.388. The summed E-state index contributed by atoms with van der Waals surface area (Å²) in [6.45, 7) is 5.14. The highest BCUT2D eigenvalue weighted by Gasteiger charge is 2.12. The molecule has 7 heteroatoms. The lowest BCUT2D eigenvalue weighted by Crippen LogP contribution is -2.41. The van der Waals surface area contributed by atoms with Gasteiger partial charge in [0.1, 0.15) is 18.1 Å². The summed E-state index contributed by atoms with van der Waals surface area (Å²) in [5.41, 5.74) is 6.69. The van der Waals surface area contributed by atoms with Crippen LogP contribution in [0.1, 0.15) is 40.1 Å². The van der Waals surface area contributed by atoms with Gasteiger partial charge in [0.2, 0.25) is 0 Å². The number of benzene rings is 3. The Morgan fingerprint density at radius 3 is 2.09 bits per heavy atom. The molecular weight excluding hydrogens is 472 g/mol. The molecule has 6 nitrogen and oxygen atoms in total. The Morgan fingerprint density at radius 1 is 0.844 bits per heavy atom. The van der Waals surface area contributed by atoms with Gasteiger partial charge >= 0.3 is 0 Å². The van der Waals surface area contributed by atoms with Gasteiger partial charge in [-0.05, 0) is 69.9 Å². The second-order valence-electron chi connectivity index (χ2n) is 7.56. The molecule has 0 aliphatic rings. The minimum Gasteiger partial charge on any atom is -0.492 e. The minimum atomic E-state index is -0.433. The molecule has 0 aliphatic carbocycles. The fourth-order valence-electron chi connectivity index (χ4n) is 2.72. The molecule has 32 heavy (non-hydrogen) atoms. The van der Waals surface area contributed by atoms with E-state index in [1.165, 1.54) is 0 Å². The number of amides is 2. The lowest BCUT2D eigenvalue weighted by molar-refractivity contribution is 0.0846. The molecule has 3 aromatic rings. The summed E-state index contributed by atoms with van der Waals surface area (Å²) in [4.78, 5) is 24.7. The summed E-state index contributed by atoms with van der Waals surface area (Å²) in [6.07, 6.45) is 0. The zero-order valence-electron chi connectivity index (χ0n) is 17.9. The van der Waals surface area contributed by atoms with E-state index in [9.17, 15) is 9.59 Å². The largest absolute Gasteiger partial charge is 0.492 e. The average Bonchev–Trinajstić information content (AvgIpc) is 2.81. The maximum absolute atomic E-state index is 12.4. The molecule has 0 fully saturated rings. The van der Waals surface area contributed by atoms with Crippen molar-refractivity contribution < 1.29 is 19.1 Å². The first-order valence-corrected chi connectivity index (χ1v) is 11.0. The Morgan fingerprint density at radius 2 is 1.47 bits per heavy atom. The Balaban J connectivity index is 1.50. The van der Waals surface area contributed by atoms with Crippen molar-refractivity contribution in [3.63, 3.8) is 0 Å². The number of ether oxygens (including phenoxy) is 2. The summed E-state index contributed by atoms with van der Waals surface area (Å²) in [5.74, 6) is 0.846. The number of rotatable bonds is 8. The van der Waals surface area contributed by atoms with Crippen molar-refractivity contribution in [2.75, 3.05) is 6.61 Å². The second kappa shape index (κ2) is 11.3. The fourth-order valence-corrected chi connectivity index (χ4v) is 3.21. The molecule has 166 valence electrons. The van der Waals surface area contributed by atoms with Gasteiger partial charge in [0.05, 0.1) is 11.1 Å². The first-order valence-electron chi connectivity index (χ1n) is 10.2. The van der Waals surface area contributed by atoms with E-state index in [2.05, 4.69) is 40.6 Å². The van der Waals surface area contributed by atoms with Gasteiger partial charge in [-0.1, -0.05) is 44.2 Å². The Labute approximate surface area is 196 Å².